The molecule has 136 valence electrons. The van der Waals surface area contributed by atoms with Crippen LogP contribution in [0.25, 0.3) is 0 Å². The first-order valence-electron chi connectivity index (χ1n) is 9.75. The topological polar surface area (TPSA) is 50.4 Å². The summed E-state index contributed by atoms with van der Waals surface area (Å²) in [5.41, 5.74) is 3.12. The quantitative estimate of drug-likeness (QED) is 0.864. The van der Waals surface area contributed by atoms with E-state index in [9.17, 15) is 4.79 Å². The van der Waals surface area contributed by atoms with Gasteiger partial charge < -0.3 is 15.4 Å². The van der Waals surface area contributed by atoms with Crippen LogP contribution in [0.5, 0.6) is 0 Å². The van der Waals surface area contributed by atoms with Crippen molar-refractivity contribution >= 4 is 5.91 Å². The number of carbonyl (C=O) groups excluding carboxylic acids is 1. The summed E-state index contributed by atoms with van der Waals surface area (Å²) in [6.45, 7) is 3.50. The van der Waals surface area contributed by atoms with Gasteiger partial charge in [-0.2, -0.15) is 0 Å². The second kappa shape index (κ2) is 6.73. The van der Waals surface area contributed by atoms with Gasteiger partial charge in [0.15, 0.2) is 0 Å². The Morgan fingerprint density at radius 2 is 2.08 bits per heavy atom. The van der Waals surface area contributed by atoms with E-state index in [1.54, 1.807) is 7.11 Å². The van der Waals surface area contributed by atoms with Crippen molar-refractivity contribution in [1.82, 2.24) is 10.6 Å². The first-order chi connectivity index (χ1) is 12.2. The van der Waals surface area contributed by atoms with E-state index in [0.29, 0.717) is 0 Å². The average molecular weight is 342 g/mol. The molecule has 1 heterocycles. The largest absolute Gasteiger partial charge is 0.384 e. The van der Waals surface area contributed by atoms with Crippen LogP contribution in [0.3, 0.4) is 0 Å². The molecule has 2 fully saturated rings. The van der Waals surface area contributed by atoms with Crippen LogP contribution in [0.15, 0.2) is 24.3 Å². The Morgan fingerprint density at radius 1 is 1.28 bits per heavy atom. The fourth-order valence-corrected chi connectivity index (χ4v) is 5.21. The highest BCUT2D eigenvalue weighted by atomic mass is 16.5. The number of aryl methyl sites for hydroxylation is 1. The van der Waals surface area contributed by atoms with Gasteiger partial charge in [0.05, 0.1) is 6.61 Å². The Hall–Kier alpha value is -1.39. The molecule has 1 spiro atoms. The predicted molar refractivity (Wildman–Crippen MR) is 98.6 cm³/mol. The molecule has 1 amide bonds. The van der Waals surface area contributed by atoms with Crippen molar-refractivity contribution in [2.75, 3.05) is 33.4 Å². The summed E-state index contributed by atoms with van der Waals surface area (Å²) in [6, 6.07) is 8.75. The number of methoxy groups -OCH3 is 1. The summed E-state index contributed by atoms with van der Waals surface area (Å²) in [6.07, 6.45) is 6.69. The number of ether oxygens (including phenoxy) is 1. The van der Waals surface area contributed by atoms with E-state index in [2.05, 4.69) is 34.9 Å². The van der Waals surface area contributed by atoms with Crippen LogP contribution in [-0.2, 0) is 21.4 Å². The molecule has 2 N–H and O–H groups in total. The van der Waals surface area contributed by atoms with Gasteiger partial charge in [-0.25, -0.2) is 0 Å². The molecule has 1 saturated heterocycles. The maximum absolute atomic E-state index is 12.9. The molecule has 1 aromatic carbocycles. The van der Waals surface area contributed by atoms with Gasteiger partial charge >= 0.3 is 0 Å². The van der Waals surface area contributed by atoms with E-state index in [4.69, 9.17) is 4.74 Å². The average Bonchev–Trinajstić information content (AvgIpc) is 3.36. The fourth-order valence-electron chi connectivity index (χ4n) is 5.21. The predicted octanol–water partition coefficient (Wildman–Crippen LogP) is 2.41. The minimum absolute atomic E-state index is 0.0994. The van der Waals surface area contributed by atoms with Crippen LogP contribution in [0.4, 0.5) is 0 Å². The van der Waals surface area contributed by atoms with Gasteiger partial charge in [0, 0.05) is 30.4 Å². The van der Waals surface area contributed by atoms with Gasteiger partial charge in [-0.3, -0.25) is 4.79 Å². The zero-order valence-corrected chi connectivity index (χ0v) is 15.3. The van der Waals surface area contributed by atoms with Gasteiger partial charge in [-0.1, -0.05) is 24.3 Å². The second-order valence-electron chi connectivity index (χ2n) is 8.32. The molecule has 25 heavy (non-hydrogen) atoms. The van der Waals surface area contributed by atoms with Gasteiger partial charge in [0.2, 0.25) is 5.91 Å². The lowest BCUT2D eigenvalue weighted by molar-refractivity contribution is -0.123. The van der Waals surface area contributed by atoms with E-state index >= 15 is 0 Å². The SMILES string of the molecule is COCC1(CNC(=O)C2CC23CCCc2ccccc23)CCNCC1. The molecule has 0 radical (unpaired) electrons. The number of nitrogens with one attached hydrogen (secondary N) is 2. The molecule has 1 aromatic rings. The lowest BCUT2D eigenvalue weighted by Crippen LogP contribution is -2.47. The van der Waals surface area contributed by atoms with E-state index in [1.165, 1.54) is 17.5 Å². The minimum Gasteiger partial charge on any atom is -0.384 e. The van der Waals surface area contributed by atoms with E-state index in [0.717, 1.165) is 58.3 Å². The van der Waals surface area contributed by atoms with Crippen LogP contribution >= 0.6 is 0 Å². The third-order valence-corrected chi connectivity index (χ3v) is 6.77. The zero-order valence-electron chi connectivity index (χ0n) is 15.3. The zero-order chi connectivity index (χ0) is 17.3. The van der Waals surface area contributed by atoms with E-state index < -0.39 is 0 Å². The number of carbonyl (C=O) groups is 1. The number of amides is 1. The minimum atomic E-state index is 0.0994. The number of piperidine rings is 1. The summed E-state index contributed by atoms with van der Waals surface area (Å²) in [7, 11) is 1.76. The normalized spacial score (nSPS) is 29.9. The summed E-state index contributed by atoms with van der Waals surface area (Å²) in [4.78, 5) is 12.9. The smallest absolute Gasteiger partial charge is 0.224 e. The maximum Gasteiger partial charge on any atom is 0.224 e. The van der Waals surface area contributed by atoms with E-state index in [1.807, 2.05) is 0 Å². The molecule has 2 atom stereocenters. The first kappa shape index (κ1) is 17.0. The van der Waals surface area contributed by atoms with Gasteiger partial charge in [0.1, 0.15) is 0 Å². The maximum atomic E-state index is 12.9. The Labute approximate surface area is 150 Å². The Balaban J connectivity index is 1.42. The van der Waals surface area contributed by atoms with Crippen molar-refractivity contribution < 1.29 is 9.53 Å². The fraction of sp³-hybridized carbons (Fsp3) is 0.667. The van der Waals surface area contributed by atoms with Crippen LogP contribution in [0.2, 0.25) is 0 Å². The molecule has 4 heteroatoms. The Bertz CT molecular complexity index is 633. The summed E-state index contributed by atoms with van der Waals surface area (Å²) in [5, 5.41) is 6.71. The van der Waals surface area contributed by atoms with Crippen molar-refractivity contribution in [2.24, 2.45) is 11.3 Å². The summed E-state index contributed by atoms with van der Waals surface area (Å²) >= 11 is 0. The number of hydrogen-bond acceptors (Lipinski definition) is 3. The number of fused-ring (bicyclic) bond motifs is 2. The molecule has 0 aromatic heterocycles. The van der Waals surface area contributed by atoms with E-state index in [-0.39, 0.29) is 22.7 Å². The monoisotopic (exact) mass is 342 g/mol. The van der Waals surface area contributed by atoms with Gasteiger partial charge in [0.25, 0.3) is 0 Å². The Kier molecular flexibility index (Phi) is 4.59. The summed E-state index contributed by atoms with van der Waals surface area (Å²) < 4.78 is 5.47. The Morgan fingerprint density at radius 3 is 2.88 bits per heavy atom. The van der Waals surface area contributed by atoms with Crippen LogP contribution < -0.4 is 10.6 Å². The third kappa shape index (κ3) is 3.11. The molecular formula is C21H30N2O2. The van der Waals surface area contributed by atoms with Gasteiger partial charge in [-0.05, 0) is 62.7 Å². The number of rotatable bonds is 5. The molecule has 2 unspecified atom stereocenters. The van der Waals surface area contributed by atoms with Crippen molar-refractivity contribution in [3.05, 3.63) is 35.4 Å². The first-order valence-corrected chi connectivity index (χ1v) is 9.75. The number of hydrogen-bond donors (Lipinski definition) is 2. The lowest BCUT2D eigenvalue weighted by Gasteiger charge is -2.37. The molecule has 1 aliphatic heterocycles. The van der Waals surface area contributed by atoms with Crippen molar-refractivity contribution in [3.63, 3.8) is 0 Å². The standard InChI is InChI=1S/C21H30N2O2/c1-25-15-20(9-11-22-12-10-20)14-23-19(24)18-13-21(18)8-4-6-16-5-2-3-7-17(16)21/h2-3,5,7,18,22H,4,6,8-15H2,1H3,(H,23,24). The molecular weight excluding hydrogens is 312 g/mol. The summed E-state index contributed by atoms with van der Waals surface area (Å²) in [5.74, 6) is 0.418. The van der Waals surface area contributed by atoms with Crippen LogP contribution in [0, 0.1) is 11.3 Å². The van der Waals surface area contributed by atoms with Crippen LogP contribution in [0.1, 0.15) is 43.2 Å². The molecule has 2 aliphatic carbocycles. The van der Waals surface area contributed by atoms with Crippen LogP contribution in [-0.4, -0.2) is 39.3 Å². The van der Waals surface area contributed by atoms with Crippen molar-refractivity contribution in [1.29, 1.82) is 0 Å². The van der Waals surface area contributed by atoms with Crippen molar-refractivity contribution in [3.8, 4) is 0 Å². The number of benzene rings is 1. The van der Waals surface area contributed by atoms with Gasteiger partial charge in [-0.15, -0.1) is 0 Å². The third-order valence-electron chi connectivity index (χ3n) is 6.77. The molecule has 4 nitrogen and oxygen atoms in total. The molecule has 0 bridgehead atoms. The van der Waals surface area contributed by atoms with Crippen molar-refractivity contribution in [2.45, 2.75) is 43.9 Å². The highest BCUT2D eigenvalue weighted by molar-refractivity contribution is 5.84. The highest BCUT2D eigenvalue weighted by Crippen LogP contribution is 2.60. The molecule has 3 aliphatic rings. The molecule has 4 rings (SSSR count). The second-order valence-corrected chi connectivity index (χ2v) is 8.32. The highest BCUT2D eigenvalue weighted by Gasteiger charge is 2.60. The molecule has 1 saturated carbocycles. The lowest BCUT2D eigenvalue weighted by atomic mass is 9.78.